The fourth-order valence-electron chi connectivity index (χ4n) is 0. The Labute approximate surface area is 71.9 Å². The second-order valence-corrected chi connectivity index (χ2v) is 2.65. The average molecular weight is 161 g/mol. The monoisotopic (exact) mass is 160 g/mol. The molecule has 0 radical (unpaired) electrons. The topological polar surface area (TPSA) is 0 Å². The van der Waals surface area contributed by atoms with Crippen LogP contribution in [-0.2, 0) is 17.0 Å². The molecule has 0 aliphatic heterocycles. The van der Waals surface area contributed by atoms with Crippen molar-refractivity contribution < 1.29 is 17.0 Å². The number of rotatable bonds is 0. The van der Waals surface area contributed by atoms with E-state index < -0.39 is 17.0 Å². The summed E-state index contributed by atoms with van der Waals surface area (Å²) in [4.78, 5) is 0. The Hall–Kier alpha value is 2.55. The molecule has 0 amide bonds. The van der Waals surface area contributed by atoms with Gasteiger partial charge in [-0.15, -0.1) is 0 Å². The van der Waals surface area contributed by atoms with Crippen LogP contribution in [0.3, 0.4) is 0 Å². The molecule has 0 aliphatic rings. The molecule has 0 aromatic heterocycles. The Morgan fingerprint density at radius 2 is 1.25 bits per heavy atom. The molecule has 0 aromatic rings. The third-order valence-electron chi connectivity index (χ3n) is 0. The quantitative estimate of drug-likeness (QED) is 0.452. The van der Waals surface area contributed by atoms with Crippen molar-refractivity contribution in [2.75, 3.05) is 0 Å². The van der Waals surface area contributed by atoms with Crippen LogP contribution in [0.2, 0.25) is 0 Å². The summed E-state index contributed by atoms with van der Waals surface area (Å²) >= 11 is -0.556. The molecule has 4 heteroatoms. The molecule has 0 rings (SSSR count). The molecule has 0 saturated heterocycles. The van der Waals surface area contributed by atoms with Crippen molar-refractivity contribution in [2.45, 2.75) is 0 Å². The summed E-state index contributed by atoms with van der Waals surface area (Å²) in [5.74, 6) is 0. The second-order valence-electron chi connectivity index (χ2n) is 0.0714. The number of hydrogen-bond acceptors (Lipinski definition) is 0. The minimum absolute atomic E-state index is 0. The first-order valence-corrected chi connectivity index (χ1v) is 4.68. The van der Waals surface area contributed by atoms with E-state index in [0.717, 1.165) is 0 Å². The van der Waals surface area contributed by atoms with Gasteiger partial charge in [0.2, 0.25) is 0 Å². The van der Waals surface area contributed by atoms with E-state index in [1.54, 1.807) is 0 Å². The van der Waals surface area contributed by atoms with Gasteiger partial charge in [-0.2, -0.15) is 0 Å². The molecular weight excluding hydrogens is 159 g/mol. The van der Waals surface area contributed by atoms with E-state index in [4.69, 9.17) is 18.6 Å². The van der Waals surface area contributed by atoms with Gasteiger partial charge in [-0.1, -0.05) is 0 Å². The molecular formula is H2CaCl2Ti. The SMILES string of the molecule is [CaH2].[Cl][Ti][Cl]. The average Bonchev–Trinajstić information content (AvgIpc) is 0.918. The predicted octanol–water partition coefficient (Wildman–Crippen LogP) is 0.460. The molecule has 0 saturated carbocycles. The van der Waals surface area contributed by atoms with Gasteiger partial charge in [0.25, 0.3) is 0 Å². The zero-order valence-corrected chi connectivity index (χ0v) is 4.33. The molecule has 0 spiro atoms. The van der Waals surface area contributed by atoms with Crippen LogP contribution < -0.4 is 0 Å². The van der Waals surface area contributed by atoms with Gasteiger partial charge in [-0.3, -0.25) is 0 Å². The second kappa shape index (κ2) is 9.12. The summed E-state index contributed by atoms with van der Waals surface area (Å²) in [6.07, 6.45) is 0. The first-order valence-electron chi connectivity index (χ1n) is 0.378. The molecule has 0 aliphatic carbocycles. The van der Waals surface area contributed by atoms with Crippen LogP contribution in [0.4, 0.5) is 0 Å². The van der Waals surface area contributed by atoms with Gasteiger partial charge in [0, 0.05) is 0 Å². The Morgan fingerprint density at radius 3 is 1.25 bits per heavy atom. The van der Waals surface area contributed by atoms with Crippen LogP contribution in [0.1, 0.15) is 0 Å². The van der Waals surface area contributed by atoms with Crippen molar-refractivity contribution in [3.63, 3.8) is 0 Å². The molecule has 0 heterocycles. The summed E-state index contributed by atoms with van der Waals surface area (Å²) in [7, 11) is 9.78. The van der Waals surface area contributed by atoms with E-state index in [-0.39, 0.29) is 37.7 Å². The fourth-order valence-corrected chi connectivity index (χ4v) is 0. The van der Waals surface area contributed by atoms with E-state index in [9.17, 15) is 0 Å². The van der Waals surface area contributed by atoms with Gasteiger partial charge in [0.05, 0.1) is 0 Å². The van der Waals surface area contributed by atoms with Gasteiger partial charge < -0.3 is 0 Å². The summed E-state index contributed by atoms with van der Waals surface area (Å²) < 4.78 is 0. The standard InChI is InChI=1S/Ca.2ClH.Ti.2H/h;2*1H;;;/q;;;+2;;/p-2. The Kier molecular flexibility index (Phi) is 22.2. The van der Waals surface area contributed by atoms with Crippen molar-refractivity contribution in [3.05, 3.63) is 0 Å². The van der Waals surface area contributed by atoms with Crippen LogP contribution in [0.5, 0.6) is 0 Å². The van der Waals surface area contributed by atoms with Gasteiger partial charge in [0.1, 0.15) is 0 Å². The van der Waals surface area contributed by atoms with Crippen molar-refractivity contribution >= 4 is 56.3 Å². The third kappa shape index (κ3) is 8.82. The predicted molar refractivity (Wildman–Crippen MR) is 20.2 cm³/mol. The zero-order valence-electron chi connectivity index (χ0n) is 1.26. The maximum absolute atomic E-state index is 4.89. The van der Waals surface area contributed by atoms with E-state index in [2.05, 4.69) is 0 Å². The number of halogens is 2. The number of hydrogen-bond donors (Lipinski definition) is 0. The fraction of sp³-hybridized carbons (Fsp3) is 0. The molecule has 4 heavy (non-hydrogen) atoms. The summed E-state index contributed by atoms with van der Waals surface area (Å²) in [6, 6.07) is 0. The molecule has 0 fully saturated rings. The first kappa shape index (κ1) is 9.75. The Balaban J connectivity index is 0. The molecule has 0 N–H and O–H groups in total. The molecule has 0 unspecified atom stereocenters. The van der Waals surface area contributed by atoms with Crippen LogP contribution in [0.25, 0.3) is 0 Å². The summed E-state index contributed by atoms with van der Waals surface area (Å²) in [5, 5.41) is 0. The van der Waals surface area contributed by atoms with Gasteiger partial charge in [-0.25, -0.2) is 0 Å². The first-order chi connectivity index (χ1) is 1.41. The van der Waals surface area contributed by atoms with Crippen molar-refractivity contribution in [2.24, 2.45) is 0 Å². The van der Waals surface area contributed by atoms with Crippen molar-refractivity contribution in [1.82, 2.24) is 0 Å². The summed E-state index contributed by atoms with van der Waals surface area (Å²) in [6.45, 7) is 0. The van der Waals surface area contributed by atoms with Crippen LogP contribution in [0.15, 0.2) is 0 Å². The molecule has 0 nitrogen and oxygen atoms in total. The molecule has 0 atom stereocenters. The van der Waals surface area contributed by atoms with E-state index in [1.165, 1.54) is 0 Å². The molecule has 0 bridgehead atoms. The third-order valence-corrected chi connectivity index (χ3v) is 0. The van der Waals surface area contributed by atoms with Gasteiger partial charge >= 0.3 is 73.4 Å². The van der Waals surface area contributed by atoms with Crippen LogP contribution in [0, 0.1) is 0 Å². The zero-order chi connectivity index (χ0) is 2.71. The Morgan fingerprint density at radius 1 is 1.25 bits per heavy atom. The minimum atomic E-state index is -0.556. The van der Waals surface area contributed by atoms with E-state index >= 15 is 0 Å². The Bertz CT molecular complexity index is 6.00. The van der Waals surface area contributed by atoms with E-state index in [0.29, 0.717) is 0 Å². The van der Waals surface area contributed by atoms with Crippen molar-refractivity contribution in [1.29, 1.82) is 0 Å². The van der Waals surface area contributed by atoms with Gasteiger partial charge in [-0.05, 0) is 0 Å². The normalized spacial score (nSPS) is 3.50. The molecule has 0 aromatic carbocycles. The molecule has 22 valence electrons. The van der Waals surface area contributed by atoms with Gasteiger partial charge in [0.15, 0.2) is 0 Å². The van der Waals surface area contributed by atoms with Crippen molar-refractivity contribution in [3.8, 4) is 0 Å². The van der Waals surface area contributed by atoms with E-state index in [1.807, 2.05) is 0 Å². The maximum atomic E-state index is 4.89. The summed E-state index contributed by atoms with van der Waals surface area (Å²) in [5.41, 5.74) is 0. The van der Waals surface area contributed by atoms with Crippen LogP contribution >= 0.6 is 18.6 Å². The van der Waals surface area contributed by atoms with Crippen LogP contribution in [-0.4, -0.2) is 37.7 Å².